The summed E-state index contributed by atoms with van der Waals surface area (Å²) in [5.41, 5.74) is 0. The molecule has 0 saturated heterocycles. The maximum absolute atomic E-state index is 2.24. The van der Waals surface area contributed by atoms with Crippen molar-refractivity contribution in [2.75, 3.05) is 0 Å². The van der Waals surface area contributed by atoms with E-state index in [4.69, 9.17) is 0 Å². The first-order valence-electron chi connectivity index (χ1n) is 4.53. The zero-order valence-corrected chi connectivity index (χ0v) is 11.7. The molecular weight excluding hydrogens is 252 g/mol. The second-order valence-electron chi connectivity index (χ2n) is 3.15. The van der Waals surface area contributed by atoms with Crippen molar-refractivity contribution in [3.05, 3.63) is 60.7 Å². The van der Waals surface area contributed by atoms with Crippen molar-refractivity contribution in [2.24, 2.45) is 0 Å². The van der Waals surface area contributed by atoms with Crippen molar-refractivity contribution in [1.29, 1.82) is 0 Å². The van der Waals surface area contributed by atoms with Gasteiger partial charge >= 0.3 is 84.9 Å². The Labute approximate surface area is 97.2 Å². The number of hydrogen-bond donors (Lipinski definition) is 0. The SMILES string of the molecule is Cl.c1cc[c]([GeH2][c]2ccccc2)cc1. The van der Waals surface area contributed by atoms with Crippen LogP contribution >= 0.6 is 12.4 Å². The van der Waals surface area contributed by atoms with E-state index in [1.165, 1.54) is 0 Å². The second kappa shape index (κ2) is 5.89. The Morgan fingerprint density at radius 3 is 1.29 bits per heavy atom. The predicted octanol–water partition coefficient (Wildman–Crippen LogP) is 1.23. The van der Waals surface area contributed by atoms with Crippen LogP contribution in [0.2, 0.25) is 0 Å². The van der Waals surface area contributed by atoms with Gasteiger partial charge in [-0.3, -0.25) is 0 Å². The van der Waals surface area contributed by atoms with Gasteiger partial charge in [0, 0.05) is 0 Å². The van der Waals surface area contributed by atoms with Gasteiger partial charge in [0.2, 0.25) is 0 Å². The van der Waals surface area contributed by atoms with Gasteiger partial charge in [-0.2, -0.15) is 0 Å². The fraction of sp³-hybridized carbons (Fsp3) is 0. The minimum absolute atomic E-state index is 0. The van der Waals surface area contributed by atoms with E-state index in [2.05, 4.69) is 60.7 Å². The molecule has 0 fully saturated rings. The quantitative estimate of drug-likeness (QED) is 0.716. The molecular formula is C12H13ClGe. The molecule has 0 heterocycles. The third-order valence-corrected chi connectivity index (χ3v) is 5.79. The van der Waals surface area contributed by atoms with Crippen LogP contribution in [0.1, 0.15) is 0 Å². The monoisotopic (exact) mass is 266 g/mol. The normalized spacial score (nSPS) is 9.14. The molecule has 14 heavy (non-hydrogen) atoms. The molecule has 0 saturated carbocycles. The van der Waals surface area contributed by atoms with E-state index in [0.717, 1.165) is 0 Å². The second-order valence-corrected chi connectivity index (χ2v) is 7.32. The fourth-order valence-corrected chi connectivity index (χ4v) is 4.55. The van der Waals surface area contributed by atoms with Gasteiger partial charge in [0.1, 0.15) is 0 Å². The van der Waals surface area contributed by atoms with Crippen LogP contribution in [0.4, 0.5) is 0 Å². The van der Waals surface area contributed by atoms with E-state index in [-0.39, 0.29) is 12.4 Å². The Morgan fingerprint density at radius 1 is 0.571 bits per heavy atom. The number of hydrogen-bond acceptors (Lipinski definition) is 0. The molecule has 0 radical (unpaired) electrons. The Kier molecular flexibility index (Phi) is 4.77. The van der Waals surface area contributed by atoms with Gasteiger partial charge in [-0.25, -0.2) is 0 Å². The molecule has 0 atom stereocenters. The van der Waals surface area contributed by atoms with Crippen LogP contribution in [-0.4, -0.2) is 15.4 Å². The maximum atomic E-state index is 2.24. The standard InChI is InChI=1S/C12H12Ge.ClH/c1-3-7-11(8-4-1)13-12-9-5-2-6-10-12;/h1-10H,13H2;1H. The molecule has 0 bridgehead atoms. The summed E-state index contributed by atoms with van der Waals surface area (Å²) in [6, 6.07) is 21.6. The van der Waals surface area contributed by atoms with Gasteiger partial charge in [-0.15, -0.1) is 12.4 Å². The van der Waals surface area contributed by atoms with Crippen LogP contribution in [0.15, 0.2) is 60.7 Å². The van der Waals surface area contributed by atoms with Crippen LogP contribution in [0.5, 0.6) is 0 Å². The van der Waals surface area contributed by atoms with Crippen LogP contribution < -0.4 is 8.79 Å². The number of rotatable bonds is 2. The molecule has 0 unspecified atom stereocenters. The summed E-state index contributed by atoms with van der Waals surface area (Å²) in [6.07, 6.45) is 0. The van der Waals surface area contributed by atoms with Crippen molar-refractivity contribution in [3.8, 4) is 0 Å². The van der Waals surface area contributed by atoms with Crippen LogP contribution in [0, 0.1) is 0 Å². The molecule has 72 valence electrons. The zero-order chi connectivity index (χ0) is 8.93. The average molecular weight is 265 g/mol. The summed E-state index contributed by atoms with van der Waals surface area (Å²) in [5, 5.41) is 0. The van der Waals surface area contributed by atoms with Crippen LogP contribution in [-0.2, 0) is 0 Å². The first-order chi connectivity index (χ1) is 6.45. The number of halogens is 1. The molecule has 2 heteroatoms. The van der Waals surface area contributed by atoms with E-state index in [1.807, 2.05) is 0 Å². The van der Waals surface area contributed by atoms with E-state index >= 15 is 0 Å². The van der Waals surface area contributed by atoms with Crippen molar-refractivity contribution in [2.45, 2.75) is 0 Å². The summed E-state index contributed by atoms with van der Waals surface area (Å²) < 4.78 is 3.11. The van der Waals surface area contributed by atoms with Crippen LogP contribution in [0.3, 0.4) is 0 Å². The molecule has 0 aliphatic rings. The third kappa shape index (κ3) is 3.20. The molecule has 2 rings (SSSR count). The van der Waals surface area contributed by atoms with E-state index in [1.54, 1.807) is 8.79 Å². The molecule has 2 aromatic rings. The predicted molar refractivity (Wildman–Crippen MR) is 67.9 cm³/mol. The molecule has 2 aromatic carbocycles. The molecule has 0 spiro atoms. The van der Waals surface area contributed by atoms with Gasteiger partial charge in [-0.1, -0.05) is 0 Å². The van der Waals surface area contributed by atoms with E-state index < -0.39 is 15.4 Å². The Morgan fingerprint density at radius 2 is 0.929 bits per heavy atom. The van der Waals surface area contributed by atoms with Crippen molar-refractivity contribution >= 4 is 36.6 Å². The molecule has 0 amide bonds. The van der Waals surface area contributed by atoms with Crippen LogP contribution in [0.25, 0.3) is 0 Å². The molecule has 0 N–H and O–H groups in total. The Bertz CT molecular complexity index is 321. The first-order valence-corrected chi connectivity index (χ1v) is 7.50. The third-order valence-electron chi connectivity index (χ3n) is 2.09. The summed E-state index contributed by atoms with van der Waals surface area (Å²) >= 11 is -0.676. The van der Waals surface area contributed by atoms with Crippen molar-refractivity contribution in [3.63, 3.8) is 0 Å². The van der Waals surface area contributed by atoms with Gasteiger partial charge in [-0.05, 0) is 0 Å². The number of benzene rings is 2. The molecule has 0 nitrogen and oxygen atoms in total. The molecule has 0 aromatic heterocycles. The Hall–Kier alpha value is -0.727. The molecule has 0 aliphatic carbocycles. The van der Waals surface area contributed by atoms with Crippen molar-refractivity contribution < 1.29 is 0 Å². The minimum atomic E-state index is -0.676. The summed E-state index contributed by atoms with van der Waals surface area (Å²) in [7, 11) is 0. The van der Waals surface area contributed by atoms with Gasteiger partial charge < -0.3 is 0 Å². The topological polar surface area (TPSA) is 0 Å². The Balaban J connectivity index is 0.000000980. The van der Waals surface area contributed by atoms with E-state index in [9.17, 15) is 0 Å². The average Bonchev–Trinajstić information content (AvgIpc) is 2.21. The van der Waals surface area contributed by atoms with Gasteiger partial charge in [0.15, 0.2) is 0 Å². The fourth-order valence-electron chi connectivity index (χ4n) is 1.43. The summed E-state index contributed by atoms with van der Waals surface area (Å²) in [5.74, 6) is 0. The van der Waals surface area contributed by atoms with E-state index in [0.29, 0.717) is 0 Å². The molecule has 0 aliphatic heterocycles. The zero-order valence-electron chi connectivity index (χ0n) is 7.89. The first kappa shape index (κ1) is 11.3. The van der Waals surface area contributed by atoms with Gasteiger partial charge in [0.05, 0.1) is 0 Å². The summed E-state index contributed by atoms with van der Waals surface area (Å²) in [4.78, 5) is 0. The van der Waals surface area contributed by atoms with Gasteiger partial charge in [0.25, 0.3) is 0 Å². The summed E-state index contributed by atoms with van der Waals surface area (Å²) in [6.45, 7) is 0. The van der Waals surface area contributed by atoms with Crippen molar-refractivity contribution in [1.82, 2.24) is 0 Å².